The van der Waals surface area contributed by atoms with Crippen LogP contribution in [0, 0.1) is 0 Å². The van der Waals surface area contributed by atoms with E-state index in [9.17, 15) is 18.1 Å². The molecule has 0 saturated carbocycles. The van der Waals surface area contributed by atoms with E-state index in [1.54, 1.807) is 24.3 Å². The number of rotatable bonds is 11. The third-order valence-electron chi connectivity index (χ3n) is 4.47. The third kappa shape index (κ3) is 8.14. The van der Waals surface area contributed by atoms with E-state index in [0.29, 0.717) is 17.7 Å². The van der Waals surface area contributed by atoms with E-state index in [4.69, 9.17) is 4.74 Å². The van der Waals surface area contributed by atoms with Crippen molar-refractivity contribution >= 4 is 10.1 Å². The topological polar surface area (TPSA) is 86.7 Å². The largest absolute Gasteiger partial charge is 1.00 e. The second-order valence-electron chi connectivity index (χ2n) is 6.63. The Hall–Kier alpha value is -0.414. The Morgan fingerprint density at radius 2 is 1.50 bits per heavy atom. The van der Waals surface area contributed by atoms with Crippen molar-refractivity contribution in [1.82, 2.24) is 0 Å². The first kappa shape index (κ1) is 25.6. The summed E-state index contributed by atoms with van der Waals surface area (Å²) < 4.78 is 38.8. The first-order valence-electron chi connectivity index (χ1n) is 9.46. The van der Waals surface area contributed by atoms with Gasteiger partial charge in [-0.15, -0.1) is 0 Å². The normalized spacial score (nSPS) is 11.1. The summed E-state index contributed by atoms with van der Waals surface area (Å²) in [6.45, 7) is 2.17. The average molecular weight is 431 g/mol. The van der Waals surface area contributed by atoms with Gasteiger partial charge in [0.2, 0.25) is 0 Å². The molecule has 7 heteroatoms. The van der Waals surface area contributed by atoms with Gasteiger partial charge in [0.1, 0.15) is 16.4 Å². The minimum Gasteiger partial charge on any atom is -0.870 e. The fourth-order valence-corrected chi connectivity index (χ4v) is 3.81. The zero-order chi connectivity index (χ0) is 19.7. The Morgan fingerprint density at radius 3 is 2.14 bits per heavy atom. The molecule has 1 N–H and O–H groups in total. The molecule has 0 unspecified atom stereocenters. The van der Waals surface area contributed by atoms with Gasteiger partial charge in [-0.2, -0.15) is 8.42 Å². The van der Waals surface area contributed by atoms with Crippen molar-refractivity contribution in [3.63, 3.8) is 0 Å². The summed E-state index contributed by atoms with van der Waals surface area (Å²) in [5, 5.41) is 11.9. The van der Waals surface area contributed by atoms with Gasteiger partial charge < -0.3 is 9.84 Å². The van der Waals surface area contributed by atoms with Gasteiger partial charge in [0, 0.05) is 5.56 Å². The maximum absolute atomic E-state index is 11.9. The molecule has 0 aliphatic carbocycles. The molecule has 0 spiro atoms. The summed E-state index contributed by atoms with van der Waals surface area (Å²) in [4.78, 5) is -0.158. The van der Waals surface area contributed by atoms with Crippen LogP contribution in [0.2, 0.25) is 0 Å². The quantitative estimate of drug-likeness (QED) is 0.335. The number of unbranched alkanes of at least 4 members (excludes halogenated alkanes) is 6. The molecule has 0 bridgehead atoms. The second kappa shape index (κ2) is 13.0. The van der Waals surface area contributed by atoms with Crippen LogP contribution >= 0.6 is 0 Å². The Morgan fingerprint density at radius 1 is 0.893 bits per heavy atom. The average Bonchev–Trinajstić information content (AvgIpc) is 2.63. The smallest absolute Gasteiger partial charge is 0.870 e. The Labute approximate surface area is 210 Å². The zero-order valence-corrected chi connectivity index (χ0v) is 20.6. The van der Waals surface area contributed by atoms with Crippen LogP contribution < -0.4 is 61.2 Å². The molecule has 0 aliphatic heterocycles. The molecule has 0 amide bonds. The standard InChI is InChI=1S/C21H28O5S.K/c1-2-3-4-5-6-7-8-12-17-19(15-11-16-21(17)27(23,24)25)26-20-14-10-9-13-18(20)22;/h9-11,13-16,22H,2-8,12H2,1H3,(H,23,24,25);/q;+1/p-1. The van der Waals surface area contributed by atoms with E-state index in [0.717, 1.165) is 19.3 Å². The minimum absolute atomic E-state index is 0. The summed E-state index contributed by atoms with van der Waals surface area (Å²) in [5.41, 5.74) is 0.414. The Kier molecular flexibility index (Phi) is 11.9. The van der Waals surface area contributed by atoms with Gasteiger partial charge in [0.05, 0.1) is 0 Å². The van der Waals surface area contributed by atoms with Crippen molar-refractivity contribution < 1.29 is 74.2 Å². The number of benzene rings is 2. The predicted molar refractivity (Wildman–Crippen MR) is 104 cm³/mol. The van der Waals surface area contributed by atoms with Gasteiger partial charge >= 0.3 is 51.4 Å². The molecule has 0 atom stereocenters. The molecular formula is C21H27KO5S. The fourth-order valence-electron chi connectivity index (χ4n) is 3.04. The van der Waals surface area contributed by atoms with E-state index in [2.05, 4.69) is 6.92 Å². The molecular weight excluding hydrogens is 403 g/mol. The Balaban J connectivity index is 0.00000392. The summed E-state index contributed by atoms with van der Waals surface area (Å²) in [7, 11) is -4.37. The van der Waals surface area contributed by atoms with E-state index in [1.165, 1.54) is 43.9 Å². The van der Waals surface area contributed by atoms with E-state index in [-0.39, 0.29) is 67.8 Å². The first-order chi connectivity index (χ1) is 12.9. The molecule has 2 aromatic carbocycles. The minimum atomic E-state index is -4.37. The van der Waals surface area contributed by atoms with Crippen molar-refractivity contribution in [2.45, 2.75) is 63.2 Å². The molecule has 0 heterocycles. The number of para-hydroxylation sites is 2. The van der Waals surface area contributed by atoms with Gasteiger partial charge in [-0.25, -0.2) is 0 Å². The first-order valence-corrected chi connectivity index (χ1v) is 10.9. The molecule has 0 radical (unpaired) electrons. The van der Waals surface area contributed by atoms with Crippen molar-refractivity contribution in [1.29, 1.82) is 0 Å². The SMILES string of the molecule is CCCCCCCCCc1c(Oc2ccccc2[O-])cccc1S(=O)(=O)O.[K+]. The van der Waals surface area contributed by atoms with Crippen molar-refractivity contribution in [3.8, 4) is 17.2 Å². The molecule has 0 aromatic heterocycles. The van der Waals surface area contributed by atoms with Crippen molar-refractivity contribution in [3.05, 3.63) is 48.0 Å². The monoisotopic (exact) mass is 430 g/mol. The van der Waals surface area contributed by atoms with Crippen LogP contribution in [0.5, 0.6) is 17.2 Å². The predicted octanol–water partition coefficient (Wildman–Crippen LogP) is 2.10. The van der Waals surface area contributed by atoms with Crippen molar-refractivity contribution in [2.75, 3.05) is 0 Å². The summed E-state index contributed by atoms with van der Waals surface area (Å²) in [6.07, 6.45) is 8.12. The van der Waals surface area contributed by atoms with Gasteiger partial charge in [-0.05, 0) is 31.0 Å². The van der Waals surface area contributed by atoms with Crippen LogP contribution in [-0.4, -0.2) is 13.0 Å². The van der Waals surface area contributed by atoms with E-state index >= 15 is 0 Å². The third-order valence-corrected chi connectivity index (χ3v) is 5.41. The Bertz CT molecular complexity index is 836. The van der Waals surface area contributed by atoms with Gasteiger partial charge in [-0.3, -0.25) is 4.55 Å². The summed E-state index contributed by atoms with van der Waals surface area (Å²) in [6, 6.07) is 10.7. The summed E-state index contributed by atoms with van der Waals surface area (Å²) in [5.74, 6) is 0.141. The van der Waals surface area contributed by atoms with Crippen LogP contribution in [0.3, 0.4) is 0 Å². The zero-order valence-electron chi connectivity index (χ0n) is 16.7. The maximum Gasteiger partial charge on any atom is 1.00 e. The van der Waals surface area contributed by atoms with Crippen LogP contribution in [0.15, 0.2) is 47.4 Å². The van der Waals surface area contributed by atoms with Crippen LogP contribution in [-0.2, 0) is 16.5 Å². The van der Waals surface area contributed by atoms with Gasteiger partial charge in [0.15, 0.2) is 0 Å². The molecule has 5 nitrogen and oxygen atoms in total. The molecule has 0 saturated heterocycles. The van der Waals surface area contributed by atoms with Gasteiger partial charge in [0.25, 0.3) is 10.1 Å². The maximum atomic E-state index is 11.9. The molecule has 148 valence electrons. The molecule has 0 fully saturated rings. The van der Waals surface area contributed by atoms with Crippen LogP contribution in [0.25, 0.3) is 0 Å². The number of ether oxygens (including phenoxy) is 1. The number of hydrogen-bond donors (Lipinski definition) is 1. The van der Waals surface area contributed by atoms with Crippen molar-refractivity contribution in [2.24, 2.45) is 0 Å². The van der Waals surface area contributed by atoms with Crippen LogP contribution in [0.1, 0.15) is 57.4 Å². The van der Waals surface area contributed by atoms with Gasteiger partial charge in [-0.1, -0.05) is 75.5 Å². The molecule has 2 rings (SSSR count). The van der Waals surface area contributed by atoms with E-state index in [1.807, 2.05) is 0 Å². The molecule has 2 aromatic rings. The summed E-state index contributed by atoms with van der Waals surface area (Å²) >= 11 is 0. The molecule has 0 aliphatic rings. The fraction of sp³-hybridized carbons (Fsp3) is 0.429. The second-order valence-corrected chi connectivity index (χ2v) is 8.02. The molecule has 28 heavy (non-hydrogen) atoms. The van der Waals surface area contributed by atoms with E-state index < -0.39 is 10.1 Å². The number of hydrogen-bond acceptors (Lipinski definition) is 4. The van der Waals surface area contributed by atoms with Crippen LogP contribution in [0.4, 0.5) is 0 Å².